The lowest BCUT2D eigenvalue weighted by Gasteiger charge is -2.23. The van der Waals surface area contributed by atoms with Crippen molar-refractivity contribution in [3.05, 3.63) is 78.0 Å². The first-order valence-corrected chi connectivity index (χ1v) is 8.63. The number of hydrogen-bond donors (Lipinski definition) is 2. The average molecular weight is 332 g/mol. The van der Waals surface area contributed by atoms with Crippen LogP contribution in [0.2, 0.25) is 0 Å². The molecule has 0 bridgehead atoms. The first-order chi connectivity index (χ1) is 12.1. The van der Waals surface area contributed by atoms with E-state index in [1.54, 1.807) is 12.4 Å². The Kier molecular flexibility index (Phi) is 5.29. The third-order valence-corrected chi connectivity index (χ3v) is 4.39. The highest BCUT2D eigenvalue weighted by atomic mass is 15.1. The zero-order chi connectivity index (χ0) is 17.6. The van der Waals surface area contributed by atoms with E-state index in [1.165, 1.54) is 0 Å². The normalized spacial score (nSPS) is 15.8. The lowest BCUT2D eigenvalue weighted by atomic mass is 10.00. The third-order valence-electron chi connectivity index (χ3n) is 4.39. The molecule has 2 heterocycles. The van der Waals surface area contributed by atoms with E-state index in [0.717, 1.165) is 28.3 Å². The fourth-order valence-electron chi connectivity index (χ4n) is 2.41. The molecule has 3 rings (SSSR count). The second-order valence-electron chi connectivity index (χ2n) is 6.53. The van der Waals surface area contributed by atoms with Crippen LogP contribution in [0.25, 0.3) is 11.4 Å². The topological polar surface area (TPSA) is 49.3 Å². The minimum Gasteiger partial charge on any atom is -0.350 e. The number of benzene rings is 1. The van der Waals surface area contributed by atoms with Crippen molar-refractivity contribution in [2.45, 2.75) is 20.8 Å². The molecule has 4 heteroatoms. The van der Waals surface area contributed by atoms with Gasteiger partial charge in [0, 0.05) is 35.9 Å². The zero-order valence-corrected chi connectivity index (χ0v) is 14.9. The van der Waals surface area contributed by atoms with Gasteiger partial charge in [-0.05, 0) is 24.0 Å². The molecule has 1 unspecified atom stereocenters. The van der Waals surface area contributed by atoms with Crippen LogP contribution in [-0.4, -0.2) is 11.2 Å². The molecule has 0 aliphatic carbocycles. The van der Waals surface area contributed by atoms with Crippen molar-refractivity contribution in [1.82, 2.24) is 15.6 Å². The summed E-state index contributed by atoms with van der Waals surface area (Å²) in [6, 6.07) is 14.2. The van der Waals surface area contributed by atoms with E-state index in [-0.39, 0.29) is 0 Å². The lowest BCUT2D eigenvalue weighted by molar-refractivity contribution is 0.540. The molecule has 4 nitrogen and oxygen atoms in total. The highest BCUT2D eigenvalue weighted by Gasteiger charge is 2.16. The second-order valence-corrected chi connectivity index (χ2v) is 6.53. The number of rotatable bonds is 5. The maximum absolute atomic E-state index is 4.71. The van der Waals surface area contributed by atoms with Gasteiger partial charge < -0.3 is 10.6 Å². The predicted octanol–water partition coefficient (Wildman–Crippen LogP) is 4.26. The minimum atomic E-state index is 0.414. The van der Waals surface area contributed by atoms with Crippen molar-refractivity contribution < 1.29 is 0 Å². The first kappa shape index (κ1) is 17.0. The number of nitrogens with zero attached hydrogens (tertiary/aromatic N) is 2. The molecule has 2 aromatic rings. The number of hydrogen-bond acceptors (Lipinski definition) is 4. The van der Waals surface area contributed by atoms with E-state index in [9.17, 15) is 0 Å². The lowest BCUT2D eigenvalue weighted by Crippen LogP contribution is -2.24. The maximum atomic E-state index is 4.71. The molecule has 128 valence electrons. The van der Waals surface area contributed by atoms with Crippen LogP contribution in [0.4, 0.5) is 0 Å². The number of nitrogens with one attached hydrogen (secondary N) is 2. The van der Waals surface area contributed by atoms with Gasteiger partial charge in [-0.1, -0.05) is 51.1 Å². The van der Waals surface area contributed by atoms with Gasteiger partial charge in [-0.3, -0.25) is 4.98 Å². The fourth-order valence-corrected chi connectivity index (χ4v) is 2.41. The van der Waals surface area contributed by atoms with Crippen LogP contribution in [-0.2, 0) is 0 Å². The molecule has 1 atom stereocenters. The van der Waals surface area contributed by atoms with E-state index in [1.807, 2.05) is 42.7 Å². The van der Waals surface area contributed by atoms with E-state index < -0.39 is 0 Å². The van der Waals surface area contributed by atoms with Gasteiger partial charge in [0.2, 0.25) is 0 Å². The molecule has 1 aromatic carbocycles. The summed E-state index contributed by atoms with van der Waals surface area (Å²) < 4.78 is 0. The quantitative estimate of drug-likeness (QED) is 0.804. The van der Waals surface area contributed by atoms with Crippen molar-refractivity contribution in [3.8, 4) is 0 Å². The van der Waals surface area contributed by atoms with Crippen molar-refractivity contribution in [2.24, 2.45) is 16.8 Å². The van der Waals surface area contributed by atoms with Crippen LogP contribution in [0.15, 0.2) is 71.9 Å². The molecule has 1 aliphatic heterocycles. The van der Waals surface area contributed by atoms with E-state index in [2.05, 4.69) is 48.5 Å². The standard InChI is InChI=1S/C21H24N4/c1-15(2)16(3)13-23-21-20(18-7-5-4-6-8-18)25-19(14-24-21)17-9-11-22-12-10-17/h4-16,24-25H,1-3H3. The molecular formula is C21H24N4. The SMILES string of the molecule is CC(C)C(C)C=NC1=C(c2ccccc2)NC(c2ccncc2)=CN1. The van der Waals surface area contributed by atoms with Crippen molar-refractivity contribution in [1.29, 1.82) is 0 Å². The molecule has 0 fully saturated rings. The van der Waals surface area contributed by atoms with Gasteiger partial charge >= 0.3 is 0 Å². The predicted molar refractivity (Wildman–Crippen MR) is 104 cm³/mol. The largest absolute Gasteiger partial charge is 0.350 e. The monoisotopic (exact) mass is 332 g/mol. The van der Waals surface area contributed by atoms with Crippen molar-refractivity contribution >= 4 is 17.6 Å². The van der Waals surface area contributed by atoms with Gasteiger partial charge in [0.25, 0.3) is 0 Å². The Morgan fingerprint density at radius 1 is 0.960 bits per heavy atom. The Morgan fingerprint density at radius 2 is 1.68 bits per heavy atom. The van der Waals surface area contributed by atoms with Crippen LogP contribution in [0.1, 0.15) is 31.9 Å². The Balaban J connectivity index is 1.93. The van der Waals surface area contributed by atoms with E-state index >= 15 is 0 Å². The van der Waals surface area contributed by atoms with Gasteiger partial charge in [0.1, 0.15) is 0 Å². The molecule has 0 saturated carbocycles. The molecule has 2 N–H and O–H groups in total. The molecule has 0 radical (unpaired) electrons. The number of pyridine rings is 1. The summed E-state index contributed by atoms with van der Waals surface area (Å²) in [7, 11) is 0. The van der Waals surface area contributed by atoms with Gasteiger partial charge in [0.15, 0.2) is 5.82 Å². The molecule has 1 aromatic heterocycles. The van der Waals surface area contributed by atoms with Crippen LogP contribution in [0, 0.1) is 11.8 Å². The first-order valence-electron chi connectivity index (χ1n) is 8.63. The smallest absolute Gasteiger partial charge is 0.154 e. The third kappa shape index (κ3) is 4.15. The number of aromatic nitrogens is 1. The highest BCUT2D eigenvalue weighted by molar-refractivity contribution is 5.81. The summed E-state index contributed by atoms with van der Waals surface area (Å²) in [5.74, 6) is 1.80. The second kappa shape index (κ2) is 7.79. The van der Waals surface area contributed by atoms with Gasteiger partial charge in [0.05, 0.1) is 11.4 Å². The number of aliphatic imine (C=N–C) groups is 1. The fraction of sp³-hybridized carbons (Fsp3) is 0.238. The van der Waals surface area contributed by atoms with E-state index in [4.69, 9.17) is 4.99 Å². The van der Waals surface area contributed by atoms with Gasteiger partial charge in [-0.25, -0.2) is 4.99 Å². The molecule has 0 saturated heterocycles. The zero-order valence-electron chi connectivity index (χ0n) is 14.9. The summed E-state index contributed by atoms with van der Waals surface area (Å²) in [5.41, 5.74) is 4.15. The van der Waals surface area contributed by atoms with Crippen molar-refractivity contribution in [3.63, 3.8) is 0 Å². The van der Waals surface area contributed by atoms with Crippen LogP contribution < -0.4 is 10.6 Å². The Bertz CT molecular complexity index is 789. The summed E-state index contributed by atoms with van der Waals surface area (Å²) in [4.78, 5) is 8.80. The maximum Gasteiger partial charge on any atom is 0.154 e. The summed E-state index contributed by atoms with van der Waals surface area (Å²) >= 11 is 0. The Morgan fingerprint density at radius 3 is 2.36 bits per heavy atom. The summed E-state index contributed by atoms with van der Waals surface area (Å²) in [6.07, 6.45) is 7.56. The molecule has 0 spiro atoms. The molecule has 0 amide bonds. The van der Waals surface area contributed by atoms with E-state index in [0.29, 0.717) is 11.8 Å². The van der Waals surface area contributed by atoms with Gasteiger partial charge in [-0.2, -0.15) is 0 Å². The highest BCUT2D eigenvalue weighted by Crippen LogP contribution is 2.24. The summed E-state index contributed by atoms with van der Waals surface area (Å²) in [6.45, 7) is 6.60. The van der Waals surface area contributed by atoms with Gasteiger partial charge in [-0.15, -0.1) is 0 Å². The van der Waals surface area contributed by atoms with Crippen LogP contribution in [0.3, 0.4) is 0 Å². The Labute approximate surface area is 149 Å². The van der Waals surface area contributed by atoms with Crippen molar-refractivity contribution in [2.75, 3.05) is 0 Å². The molecule has 1 aliphatic rings. The Hall–Kier alpha value is -2.88. The molecular weight excluding hydrogens is 308 g/mol. The van der Waals surface area contributed by atoms with Crippen LogP contribution >= 0.6 is 0 Å². The molecule has 25 heavy (non-hydrogen) atoms. The summed E-state index contributed by atoms with van der Waals surface area (Å²) in [5, 5.41) is 6.87. The average Bonchev–Trinajstić information content (AvgIpc) is 2.67. The van der Waals surface area contributed by atoms with Crippen LogP contribution in [0.5, 0.6) is 0 Å². The minimum absolute atomic E-state index is 0.414.